The van der Waals surface area contributed by atoms with Gasteiger partial charge in [-0.15, -0.1) is 0 Å². The zero-order chi connectivity index (χ0) is 17.0. The number of ether oxygens (including phenoxy) is 1. The molecule has 2 aromatic carbocycles. The Labute approximate surface area is 142 Å². The van der Waals surface area contributed by atoms with Crippen LogP contribution in [0.2, 0.25) is 5.02 Å². The summed E-state index contributed by atoms with van der Waals surface area (Å²) in [5.41, 5.74) is 3.44. The molecule has 0 aromatic heterocycles. The van der Waals surface area contributed by atoms with Crippen molar-refractivity contribution in [3.8, 4) is 5.75 Å². The van der Waals surface area contributed by atoms with E-state index in [4.69, 9.17) is 16.3 Å². The first-order chi connectivity index (χ1) is 10.9. The van der Waals surface area contributed by atoms with Gasteiger partial charge < -0.3 is 10.1 Å². The van der Waals surface area contributed by atoms with E-state index in [-0.39, 0.29) is 11.9 Å². The van der Waals surface area contributed by atoms with Crippen molar-refractivity contribution < 1.29 is 9.53 Å². The molecule has 0 aliphatic rings. The molecule has 0 aliphatic carbocycles. The van der Waals surface area contributed by atoms with Gasteiger partial charge in [0.2, 0.25) is 0 Å². The second-order valence-corrected chi connectivity index (χ2v) is 6.19. The molecule has 23 heavy (non-hydrogen) atoms. The molecule has 1 N–H and O–H groups in total. The quantitative estimate of drug-likeness (QED) is 0.869. The fourth-order valence-corrected chi connectivity index (χ4v) is 2.60. The predicted molar refractivity (Wildman–Crippen MR) is 94.0 cm³/mol. The fraction of sp³-hybridized carbons (Fsp3) is 0.316. The molecule has 0 fully saturated rings. The smallest absolute Gasteiger partial charge is 0.261 e. The van der Waals surface area contributed by atoms with Crippen LogP contribution in [0.5, 0.6) is 5.75 Å². The van der Waals surface area contributed by atoms with Crippen molar-refractivity contribution in [2.45, 2.75) is 39.8 Å². The Morgan fingerprint density at radius 2 is 1.83 bits per heavy atom. The van der Waals surface area contributed by atoms with Crippen molar-refractivity contribution in [3.63, 3.8) is 0 Å². The number of carbonyl (C=O) groups excluding carboxylic acids is 1. The lowest BCUT2D eigenvalue weighted by molar-refractivity contribution is -0.127. The number of nitrogens with one attached hydrogen (secondary N) is 1. The first-order valence-corrected chi connectivity index (χ1v) is 8.05. The summed E-state index contributed by atoms with van der Waals surface area (Å²) in [6.07, 6.45) is -0.623. The molecule has 0 bridgehead atoms. The van der Waals surface area contributed by atoms with Gasteiger partial charge in [-0.1, -0.05) is 47.5 Å². The predicted octanol–water partition coefficient (Wildman–Crippen LogP) is 4.60. The number of benzene rings is 2. The molecule has 0 aliphatic heterocycles. The number of hydrogen-bond donors (Lipinski definition) is 1. The van der Waals surface area contributed by atoms with Crippen LogP contribution in [0.4, 0.5) is 0 Å². The summed E-state index contributed by atoms with van der Waals surface area (Å²) in [4.78, 5) is 12.4. The molecular formula is C19H22ClNO2. The monoisotopic (exact) mass is 331 g/mol. The number of aryl methyl sites for hydroxylation is 2. The lowest BCUT2D eigenvalue weighted by Gasteiger charge is -2.21. The number of halogens is 1. The van der Waals surface area contributed by atoms with Gasteiger partial charge in [-0.2, -0.15) is 0 Å². The van der Waals surface area contributed by atoms with Crippen LogP contribution >= 0.6 is 11.6 Å². The van der Waals surface area contributed by atoms with Gasteiger partial charge in [-0.25, -0.2) is 0 Å². The molecular weight excluding hydrogens is 310 g/mol. The van der Waals surface area contributed by atoms with E-state index < -0.39 is 6.10 Å². The van der Waals surface area contributed by atoms with Crippen molar-refractivity contribution in [2.75, 3.05) is 0 Å². The lowest BCUT2D eigenvalue weighted by Crippen LogP contribution is -2.38. The van der Waals surface area contributed by atoms with Gasteiger partial charge in [0.25, 0.3) is 5.91 Å². The highest BCUT2D eigenvalue weighted by molar-refractivity contribution is 6.32. The Morgan fingerprint density at radius 3 is 2.52 bits per heavy atom. The number of para-hydroxylation sites is 1. The van der Waals surface area contributed by atoms with Crippen LogP contribution in [-0.2, 0) is 4.79 Å². The second kappa shape index (κ2) is 7.51. The fourth-order valence-electron chi connectivity index (χ4n) is 2.42. The molecule has 0 saturated carbocycles. The van der Waals surface area contributed by atoms with Gasteiger partial charge >= 0.3 is 0 Å². The number of carbonyl (C=O) groups is 1. The molecule has 1 amide bonds. The molecule has 3 nitrogen and oxygen atoms in total. The molecule has 2 aromatic rings. The molecule has 2 atom stereocenters. The Hall–Kier alpha value is -2.00. The highest BCUT2D eigenvalue weighted by atomic mass is 35.5. The summed E-state index contributed by atoms with van der Waals surface area (Å²) in [5.74, 6) is 0.342. The largest absolute Gasteiger partial charge is 0.479 e. The van der Waals surface area contributed by atoms with E-state index in [0.29, 0.717) is 10.8 Å². The van der Waals surface area contributed by atoms with Crippen molar-refractivity contribution in [1.29, 1.82) is 0 Å². The van der Waals surface area contributed by atoms with Crippen LogP contribution in [0.15, 0.2) is 42.5 Å². The van der Waals surface area contributed by atoms with Gasteiger partial charge in [-0.3, -0.25) is 4.79 Å². The summed E-state index contributed by atoms with van der Waals surface area (Å²) >= 11 is 6.06. The summed E-state index contributed by atoms with van der Waals surface area (Å²) < 4.78 is 5.65. The molecule has 2 rings (SSSR count). The van der Waals surface area contributed by atoms with Crippen molar-refractivity contribution in [1.82, 2.24) is 5.32 Å². The maximum absolute atomic E-state index is 12.4. The Balaban J connectivity index is 2.03. The van der Waals surface area contributed by atoms with Crippen LogP contribution in [0.25, 0.3) is 0 Å². The van der Waals surface area contributed by atoms with Gasteiger partial charge in [0.05, 0.1) is 11.1 Å². The third kappa shape index (κ3) is 4.49. The Kier molecular flexibility index (Phi) is 5.67. The third-order valence-electron chi connectivity index (χ3n) is 3.77. The standard InChI is InChI=1S/C19H22ClNO2/c1-12-9-10-13(2)16(11-12)14(3)21-19(22)15(4)23-18-8-6-5-7-17(18)20/h5-11,14-15H,1-4H3,(H,21,22). The topological polar surface area (TPSA) is 38.3 Å². The summed E-state index contributed by atoms with van der Waals surface area (Å²) in [6, 6.07) is 13.3. The molecule has 0 spiro atoms. The molecule has 122 valence electrons. The van der Waals surface area contributed by atoms with E-state index in [2.05, 4.69) is 23.5 Å². The van der Waals surface area contributed by atoms with E-state index in [1.54, 1.807) is 19.1 Å². The van der Waals surface area contributed by atoms with Crippen LogP contribution in [0.1, 0.15) is 36.6 Å². The highest BCUT2D eigenvalue weighted by Crippen LogP contribution is 2.24. The average Bonchev–Trinajstić information content (AvgIpc) is 2.51. The minimum absolute atomic E-state index is 0.0836. The maximum atomic E-state index is 12.4. The molecule has 0 radical (unpaired) electrons. The van der Waals surface area contributed by atoms with Crippen LogP contribution in [0, 0.1) is 13.8 Å². The van der Waals surface area contributed by atoms with E-state index in [1.807, 2.05) is 32.9 Å². The van der Waals surface area contributed by atoms with E-state index >= 15 is 0 Å². The summed E-state index contributed by atoms with van der Waals surface area (Å²) in [7, 11) is 0. The van der Waals surface area contributed by atoms with Crippen LogP contribution < -0.4 is 10.1 Å². The van der Waals surface area contributed by atoms with Gasteiger partial charge in [0.15, 0.2) is 6.10 Å². The van der Waals surface area contributed by atoms with Crippen molar-refractivity contribution >= 4 is 17.5 Å². The SMILES string of the molecule is Cc1ccc(C)c(C(C)NC(=O)C(C)Oc2ccccc2Cl)c1. The number of amides is 1. The minimum atomic E-state index is -0.623. The summed E-state index contributed by atoms with van der Waals surface area (Å²) in [6.45, 7) is 7.78. The normalized spacial score (nSPS) is 13.3. The average molecular weight is 332 g/mol. The maximum Gasteiger partial charge on any atom is 0.261 e. The highest BCUT2D eigenvalue weighted by Gasteiger charge is 2.19. The van der Waals surface area contributed by atoms with Crippen LogP contribution in [0.3, 0.4) is 0 Å². The molecule has 0 saturated heterocycles. The first kappa shape index (κ1) is 17.4. The van der Waals surface area contributed by atoms with Gasteiger partial charge in [0.1, 0.15) is 5.75 Å². The zero-order valence-corrected chi connectivity index (χ0v) is 14.6. The summed E-state index contributed by atoms with van der Waals surface area (Å²) in [5, 5.41) is 3.49. The van der Waals surface area contributed by atoms with E-state index in [9.17, 15) is 4.79 Å². The van der Waals surface area contributed by atoms with E-state index in [1.165, 1.54) is 5.56 Å². The Morgan fingerprint density at radius 1 is 1.13 bits per heavy atom. The van der Waals surface area contributed by atoms with Crippen molar-refractivity contribution in [3.05, 3.63) is 64.2 Å². The van der Waals surface area contributed by atoms with Crippen molar-refractivity contribution in [2.24, 2.45) is 0 Å². The molecule has 4 heteroatoms. The second-order valence-electron chi connectivity index (χ2n) is 5.78. The Bertz CT molecular complexity index is 700. The third-order valence-corrected chi connectivity index (χ3v) is 4.08. The molecule has 0 heterocycles. The zero-order valence-electron chi connectivity index (χ0n) is 13.9. The number of rotatable bonds is 5. The first-order valence-electron chi connectivity index (χ1n) is 7.67. The molecule has 2 unspecified atom stereocenters. The van der Waals surface area contributed by atoms with Crippen LogP contribution in [-0.4, -0.2) is 12.0 Å². The number of hydrogen-bond acceptors (Lipinski definition) is 2. The van der Waals surface area contributed by atoms with E-state index in [0.717, 1.165) is 11.1 Å². The van der Waals surface area contributed by atoms with Gasteiger partial charge in [-0.05, 0) is 51.0 Å². The van der Waals surface area contributed by atoms with Gasteiger partial charge in [0, 0.05) is 0 Å². The lowest BCUT2D eigenvalue weighted by atomic mass is 10.00. The minimum Gasteiger partial charge on any atom is -0.479 e.